The van der Waals surface area contributed by atoms with E-state index in [1.54, 1.807) is 0 Å². The summed E-state index contributed by atoms with van der Waals surface area (Å²) in [5, 5.41) is 11.2. The van der Waals surface area contributed by atoms with E-state index in [0.717, 1.165) is 28.4 Å². The number of hydrogen-bond acceptors (Lipinski definition) is 3. The predicted octanol–water partition coefficient (Wildman–Crippen LogP) is 2.31. The van der Waals surface area contributed by atoms with Crippen molar-refractivity contribution < 1.29 is 19.4 Å². The molecule has 1 aliphatic heterocycles. The summed E-state index contributed by atoms with van der Waals surface area (Å²) < 4.78 is 5.13. The Balaban J connectivity index is 1.93. The highest BCUT2D eigenvalue weighted by molar-refractivity contribution is 5.73. The molecule has 1 saturated heterocycles. The summed E-state index contributed by atoms with van der Waals surface area (Å²) in [6, 6.07) is 9.28. The maximum absolute atomic E-state index is 11.9. The molecular weight excluding hydrogens is 248 g/mol. The molecule has 0 aliphatic carbocycles. The minimum absolute atomic E-state index is 0.142. The van der Waals surface area contributed by atoms with E-state index in [0.29, 0.717) is 13.1 Å². The SMILES string of the molecule is O=C(O)N1CCCCN1C(=O)OCc1ccccc1. The Bertz CT molecular complexity index is 449. The van der Waals surface area contributed by atoms with Crippen molar-refractivity contribution in [3.8, 4) is 0 Å². The Morgan fingerprint density at radius 2 is 1.74 bits per heavy atom. The Labute approximate surface area is 111 Å². The van der Waals surface area contributed by atoms with Gasteiger partial charge in [-0.2, -0.15) is 0 Å². The van der Waals surface area contributed by atoms with Crippen LogP contribution >= 0.6 is 0 Å². The lowest BCUT2D eigenvalue weighted by molar-refractivity contribution is -0.0302. The lowest BCUT2D eigenvalue weighted by Crippen LogP contribution is -2.52. The van der Waals surface area contributed by atoms with Crippen molar-refractivity contribution in [1.82, 2.24) is 10.0 Å². The van der Waals surface area contributed by atoms with Crippen LogP contribution in [0.25, 0.3) is 0 Å². The second-order valence-electron chi connectivity index (χ2n) is 4.28. The van der Waals surface area contributed by atoms with Gasteiger partial charge in [-0.1, -0.05) is 30.3 Å². The first-order chi connectivity index (χ1) is 9.18. The van der Waals surface area contributed by atoms with Gasteiger partial charge >= 0.3 is 12.2 Å². The number of carbonyl (C=O) groups excluding carboxylic acids is 1. The number of benzene rings is 1. The van der Waals surface area contributed by atoms with Crippen molar-refractivity contribution in [2.45, 2.75) is 19.4 Å². The molecule has 1 N–H and O–H groups in total. The molecule has 1 heterocycles. The second-order valence-corrected chi connectivity index (χ2v) is 4.28. The van der Waals surface area contributed by atoms with Crippen molar-refractivity contribution in [3.63, 3.8) is 0 Å². The zero-order chi connectivity index (χ0) is 13.7. The Kier molecular flexibility index (Phi) is 4.22. The molecule has 102 valence electrons. The van der Waals surface area contributed by atoms with Gasteiger partial charge in [-0.3, -0.25) is 0 Å². The van der Waals surface area contributed by atoms with E-state index in [1.807, 2.05) is 30.3 Å². The van der Waals surface area contributed by atoms with Gasteiger partial charge in [0.05, 0.1) is 0 Å². The fourth-order valence-electron chi connectivity index (χ4n) is 1.95. The summed E-state index contributed by atoms with van der Waals surface area (Å²) in [6.07, 6.45) is -0.207. The third-order valence-electron chi connectivity index (χ3n) is 2.92. The van der Waals surface area contributed by atoms with Crippen LogP contribution < -0.4 is 0 Å². The van der Waals surface area contributed by atoms with Crippen LogP contribution in [0.3, 0.4) is 0 Å². The summed E-state index contributed by atoms with van der Waals surface area (Å²) in [6.45, 7) is 0.847. The highest BCUT2D eigenvalue weighted by atomic mass is 16.6. The van der Waals surface area contributed by atoms with Gasteiger partial charge in [0.1, 0.15) is 6.61 Å². The molecule has 2 amide bonds. The smallest absolute Gasteiger partial charge is 0.429 e. The summed E-state index contributed by atoms with van der Waals surface area (Å²) in [5.74, 6) is 0. The highest BCUT2D eigenvalue weighted by Crippen LogP contribution is 2.13. The summed E-state index contributed by atoms with van der Waals surface area (Å²) in [7, 11) is 0. The molecule has 0 spiro atoms. The standard InChI is InChI=1S/C13H16N2O4/c16-12(17)14-8-4-5-9-15(14)13(18)19-10-11-6-2-1-3-7-11/h1-3,6-7H,4-5,8-10H2,(H,16,17). The van der Waals surface area contributed by atoms with Crippen LogP contribution in [0.1, 0.15) is 18.4 Å². The number of ether oxygens (including phenoxy) is 1. The number of carboxylic acid groups (broad SMARTS) is 1. The number of rotatable bonds is 2. The Hall–Kier alpha value is -2.24. The third-order valence-corrected chi connectivity index (χ3v) is 2.92. The molecule has 0 radical (unpaired) electrons. The van der Waals surface area contributed by atoms with Crippen LogP contribution in [0.15, 0.2) is 30.3 Å². The van der Waals surface area contributed by atoms with E-state index in [-0.39, 0.29) is 6.61 Å². The van der Waals surface area contributed by atoms with Gasteiger partial charge in [0.15, 0.2) is 0 Å². The molecule has 1 aromatic rings. The molecule has 6 nitrogen and oxygen atoms in total. The van der Waals surface area contributed by atoms with E-state index in [4.69, 9.17) is 9.84 Å². The maximum Gasteiger partial charge on any atom is 0.429 e. The van der Waals surface area contributed by atoms with Crippen molar-refractivity contribution in [3.05, 3.63) is 35.9 Å². The molecule has 1 aromatic carbocycles. The summed E-state index contributed by atoms with van der Waals surface area (Å²) >= 11 is 0. The van der Waals surface area contributed by atoms with Gasteiger partial charge in [-0.15, -0.1) is 0 Å². The van der Waals surface area contributed by atoms with E-state index < -0.39 is 12.2 Å². The first-order valence-corrected chi connectivity index (χ1v) is 6.17. The fraction of sp³-hybridized carbons (Fsp3) is 0.385. The number of hydrazine groups is 1. The second kappa shape index (κ2) is 6.08. The van der Waals surface area contributed by atoms with Gasteiger partial charge in [-0.25, -0.2) is 19.6 Å². The van der Waals surface area contributed by atoms with Crippen molar-refractivity contribution in [1.29, 1.82) is 0 Å². The topological polar surface area (TPSA) is 70.1 Å². The van der Waals surface area contributed by atoms with E-state index in [1.165, 1.54) is 0 Å². The molecular formula is C13H16N2O4. The van der Waals surface area contributed by atoms with Crippen LogP contribution in [0.4, 0.5) is 9.59 Å². The quantitative estimate of drug-likeness (QED) is 0.889. The van der Waals surface area contributed by atoms with Gasteiger partial charge in [0.2, 0.25) is 0 Å². The first-order valence-electron chi connectivity index (χ1n) is 6.17. The van der Waals surface area contributed by atoms with E-state index >= 15 is 0 Å². The van der Waals surface area contributed by atoms with Crippen LogP contribution in [0.2, 0.25) is 0 Å². The van der Waals surface area contributed by atoms with Crippen LogP contribution in [0, 0.1) is 0 Å². The van der Waals surface area contributed by atoms with Crippen LogP contribution in [-0.4, -0.2) is 40.4 Å². The Morgan fingerprint density at radius 1 is 1.11 bits per heavy atom. The zero-order valence-electron chi connectivity index (χ0n) is 10.5. The molecule has 0 bridgehead atoms. The molecule has 2 rings (SSSR count). The molecule has 6 heteroatoms. The van der Waals surface area contributed by atoms with Gasteiger partial charge < -0.3 is 9.84 Å². The number of carbonyl (C=O) groups is 2. The lowest BCUT2D eigenvalue weighted by atomic mass is 10.2. The average Bonchev–Trinajstić information content (AvgIpc) is 2.46. The predicted molar refractivity (Wildman–Crippen MR) is 67.3 cm³/mol. The summed E-state index contributed by atoms with van der Waals surface area (Å²) in [5.41, 5.74) is 0.870. The van der Waals surface area contributed by atoms with Crippen LogP contribution in [0.5, 0.6) is 0 Å². The van der Waals surface area contributed by atoms with Crippen molar-refractivity contribution >= 4 is 12.2 Å². The van der Waals surface area contributed by atoms with Crippen molar-refractivity contribution in [2.24, 2.45) is 0 Å². The van der Waals surface area contributed by atoms with Crippen molar-refractivity contribution in [2.75, 3.05) is 13.1 Å². The monoisotopic (exact) mass is 264 g/mol. The molecule has 19 heavy (non-hydrogen) atoms. The highest BCUT2D eigenvalue weighted by Gasteiger charge is 2.29. The van der Waals surface area contributed by atoms with Gasteiger partial charge in [0, 0.05) is 13.1 Å². The molecule has 0 unspecified atom stereocenters. The largest absolute Gasteiger partial charge is 0.464 e. The molecule has 0 saturated carbocycles. The van der Waals surface area contributed by atoms with E-state index in [9.17, 15) is 9.59 Å². The summed E-state index contributed by atoms with van der Waals surface area (Å²) in [4.78, 5) is 22.9. The lowest BCUT2D eigenvalue weighted by Gasteiger charge is -2.35. The maximum atomic E-state index is 11.9. The number of nitrogens with zero attached hydrogens (tertiary/aromatic N) is 2. The molecule has 1 fully saturated rings. The van der Waals surface area contributed by atoms with E-state index in [2.05, 4.69) is 0 Å². The number of amides is 2. The molecule has 0 aromatic heterocycles. The normalized spacial score (nSPS) is 15.2. The minimum Gasteiger partial charge on any atom is -0.464 e. The van der Waals surface area contributed by atoms with Gasteiger partial charge in [0.25, 0.3) is 0 Å². The molecule has 1 aliphatic rings. The average molecular weight is 264 g/mol. The zero-order valence-corrected chi connectivity index (χ0v) is 10.5. The third kappa shape index (κ3) is 3.37. The van der Waals surface area contributed by atoms with Crippen LogP contribution in [-0.2, 0) is 11.3 Å². The molecule has 0 atom stereocenters. The fourth-order valence-corrected chi connectivity index (χ4v) is 1.95. The van der Waals surface area contributed by atoms with Gasteiger partial charge in [-0.05, 0) is 18.4 Å². The Morgan fingerprint density at radius 3 is 2.37 bits per heavy atom. The number of hydrogen-bond donors (Lipinski definition) is 1. The minimum atomic E-state index is -1.13. The first kappa shape index (κ1) is 13.2.